The Morgan fingerprint density at radius 3 is 2.41 bits per heavy atom. The number of rotatable bonds is 3. The Morgan fingerprint density at radius 2 is 1.76 bits per heavy atom. The maximum absolute atomic E-state index is 11.9. The average Bonchev–Trinajstić information content (AvgIpc) is 2.32. The number of carbonyl (C=O) groups is 1. The first kappa shape index (κ1) is 13.1. The van der Waals surface area contributed by atoms with Crippen molar-refractivity contribution in [2.75, 3.05) is 20.6 Å². The van der Waals surface area contributed by atoms with Crippen LogP contribution >= 0.6 is 0 Å². The fourth-order valence-electron chi connectivity index (χ4n) is 3.80. The zero-order valence-electron chi connectivity index (χ0n) is 11.5. The molecular weight excluding hydrogens is 210 g/mol. The first-order chi connectivity index (χ1) is 8.16. The van der Waals surface area contributed by atoms with Crippen LogP contribution in [-0.2, 0) is 4.79 Å². The van der Waals surface area contributed by atoms with E-state index in [0.717, 1.165) is 24.8 Å². The molecule has 2 atom stereocenters. The van der Waals surface area contributed by atoms with Gasteiger partial charge in [-0.2, -0.15) is 0 Å². The number of Topliss-reactive ketones (excluding diaryl/α,β-unsaturated/α-hetero) is 1. The highest BCUT2D eigenvalue weighted by atomic mass is 16.1. The summed E-state index contributed by atoms with van der Waals surface area (Å²) in [6, 6.07) is 0. The van der Waals surface area contributed by atoms with Crippen LogP contribution in [0.2, 0.25) is 0 Å². The molecule has 2 nitrogen and oxygen atoms in total. The Hall–Kier alpha value is -0.370. The predicted octanol–water partition coefficient (Wildman–Crippen LogP) is 3.11. The monoisotopic (exact) mass is 237 g/mol. The lowest BCUT2D eigenvalue weighted by Crippen LogP contribution is -2.35. The van der Waals surface area contributed by atoms with Crippen molar-refractivity contribution in [1.82, 2.24) is 4.90 Å². The van der Waals surface area contributed by atoms with Crippen molar-refractivity contribution in [3.63, 3.8) is 0 Å². The van der Waals surface area contributed by atoms with Crippen LogP contribution in [0.4, 0.5) is 0 Å². The summed E-state index contributed by atoms with van der Waals surface area (Å²) < 4.78 is 0. The van der Waals surface area contributed by atoms with E-state index in [1.54, 1.807) is 0 Å². The van der Waals surface area contributed by atoms with E-state index in [0.29, 0.717) is 11.7 Å². The molecule has 0 aromatic rings. The van der Waals surface area contributed by atoms with Crippen molar-refractivity contribution in [3.05, 3.63) is 0 Å². The fraction of sp³-hybridized carbons (Fsp3) is 0.933. The Labute approximate surface area is 106 Å². The lowest BCUT2D eigenvalue weighted by Gasteiger charge is -2.36. The van der Waals surface area contributed by atoms with Gasteiger partial charge in [-0.3, -0.25) is 4.79 Å². The van der Waals surface area contributed by atoms with Crippen molar-refractivity contribution in [3.8, 4) is 0 Å². The number of nitrogens with zero attached hydrogens (tertiary/aromatic N) is 1. The third-order valence-electron chi connectivity index (χ3n) is 4.71. The smallest absolute Gasteiger partial charge is 0.137 e. The van der Waals surface area contributed by atoms with E-state index in [4.69, 9.17) is 0 Å². The number of ketones is 1. The maximum Gasteiger partial charge on any atom is 0.137 e. The van der Waals surface area contributed by atoms with Gasteiger partial charge in [0.15, 0.2) is 0 Å². The number of hydrogen-bond acceptors (Lipinski definition) is 2. The van der Waals surface area contributed by atoms with Crippen LogP contribution in [0.15, 0.2) is 0 Å². The molecule has 2 heteroatoms. The Bertz CT molecular complexity index is 256. The zero-order chi connectivity index (χ0) is 12.3. The summed E-state index contributed by atoms with van der Waals surface area (Å²) in [5, 5.41) is 0. The molecule has 0 bridgehead atoms. The minimum Gasteiger partial charge on any atom is -0.309 e. The lowest BCUT2D eigenvalue weighted by molar-refractivity contribution is -0.126. The van der Waals surface area contributed by atoms with E-state index in [1.165, 1.54) is 44.9 Å². The molecule has 0 aromatic carbocycles. The number of carbonyl (C=O) groups excluding carboxylic acids is 1. The van der Waals surface area contributed by atoms with Crippen LogP contribution in [0.1, 0.15) is 51.4 Å². The molecule has 0 saturated heterocycles. The zero-order valence-corrected chi connectivity index (χ0v) is 11.5. The van der Waals surface area contributed by atoms with Gasteiger partial charge in [0.1, 0.15) is 5.78 Å². The molecule has 2 aliphatic rings. The highest BCUT2D eigenvalue weighted by Gasteiger charge is 2.33. The highest BCUT2D eigenvalue weighted by Crippen LogP contribution is 2.39. The molecule has 0 aliphatic heterocycles. The first-order valence-corrected chi connectivity index (χ1v) is 7.34. The van der Waals surface area contributed by atoms with Crippen LogP contribution in [0.3, 0.4) is 0 Å². The molecule has 98 valence electrons. The van der Waals surface area contributed by atoms with Gasteiger partial charge in [-0.25, -0.2) is 0 Å². The minimum absolute atomic E-state index is 0.325. The normalized spacial score (nSPS) is 32.1. The van der Waals surface area contributed by atoms with E-state index in [9.17, 15) is 4.79 Å². The van der Waals surface area contributed by atoms with Crippen molar-refractivity contribution in [1.29, 1.82) is 0 Å². The molecule has 2 unspecified atom stereocenters. The van der Waals surface area contributed by atoms with E-state index in [2.05, 4.69) is 19.0 Å². The predicted molar refractivity (Wildman–Crippen MR) is 71.0 cm³/mol. The minimum atomic E-state index is 0.325. The van der Waals surface area contributed by atoms with Crippen LogP contribution in [-0.4, -0.2) is 31.3 Å². The summed E-state index contributed by atoms with van der Waals surface area (Å²) in [5.41, 5.74) is 0. The van der Waals surface area contributed by atoms with Crippen molar-refractivity contribution < 1.29 is 4.79 Å². The Kier molecular flexibility index (Phi) is 4.61. The molecule has 17 heavy (non-hydrogen) atoms. The number of hydrogen-bond donors (Lipinski definition) is 0. The van der Waals surface area contributed by atoms with Crippen molar-refractivity contribution >= 4 is 5.78 Å². The molecule has 0 spiro atoms. The van der Waals surface area contributed by atoms with E-state index >= 15 is 0 Å². The largest absolute Gasteiger partial charge is 0.309 e. The first-order valence-electron chi connectivity index (χ1n) is 7.34. The van der Waals surface area contributed by atoms with Gasteiger partial charge in [0.05, 0.1) is 0 Å². The Balaban J connectivity index is 1.89. The summed E-state index contributed by atoms with van der Waals surface area (Å²) in [6.45, 7) is 0.960. The third kappa shape index (κ3) is 3.54. The van der Waals surface area contributed by atoms with Crippen LogP contribution in [0.25, 0.3) is 0 Å². The lowest BCUT2D eigenvalue weighted by atomic mass is 9.70. The summed E-state index contributed by atoms with van der Waals surface area (Å²) in [5.74, 6) is 2.62. The van der Waals surface area contributed by atoms with E-state index in [1.807, 2.05) is 0 Å². The molecule has 0 radical (unpaired) electrons. The maximum atomic E-state index is 11.9. The average molecular weight is 237 g/mol. The quantitative estimate of drug-likeness (QED) is 0.751. The second-order valence-electron chi connectivity index (χ2n) is 6.36. The van der Waals surface area contributed by atoms with Gasteiger partial charge in [0.25, 0.3) is 0 Å². The Morgan fingerprint density at radius 1 is 1.06 bits per heavy atom. The third-order valence-corrected chi connectivity index (χ3v) is 4.71. The summed E-state index contributed by atoms with van der Waals surface area (Å²) in [6.07, 6.45) is 10.3. The van der Waals surface area contributed by atoms with Gasteiger partial charge in [-0.15, -0.1) is 0 Å². The molecule has 2 rings (SSSR count). The van der Waals surface area contributed by atoms with Gasteiger partial charge >= 0.3 is 0 Å². The fourth-order valence-corrected chi connectivity index (χ4v) is 3.80. The standard InChI is InChI=1S/C15H27NO/c1-16(2)11-14-10-13(8-9-15(14)17)12-6-4-3-5-7-12/h12-14H,3-11H2,1-2H3. The summed E-state index contributed by atoms with van der Waals surface area (Å²) in [7, 11) is 4.16. The van der Waals surface area contributed by atoms with Gasteiger partial charge in [0, 0.05) is 18.9 Å². The molecule has 0 amide bonds. The summed E-state index contributed by atoms with van der Waals surface area (Å²) >= 11 is 0. The van der Waals surface area contributed by atoms with Crippen molar-refractivity contribution in [2.45, 2.75) is 51.4 Å². The molecule has 0 N–H and O–H groups in total. The molecule has 0 heterocycles. The van der Waals surface area contributed by atoms with E-state index in [-0.39, 0.29) is 0 Å². The second kappa shape index (κ2) is 5.99. The molecule has 2 saturated carbocycles. The van der Waals surface area contributed by atoms with Crippen LogP contribution in [0, 0.1) is 17.8 Å². The van der Waals surface area contributed by atoms with E-state index < -0.39 is 0 Å². The molecular formula is C15H27NO. The van der Waals surface area contributed by atoms with Gasteiger partial charge in [-0.05, 0) is 38.8 Å². The van der Waals surface area contributed by atoms with Gasteiger partial charge in [-0.1, -0.05) is 32.1 Å². The van der Waals surface area contributed by atoms with Gasteiger partial charge in [0.2, 0.25) is 0 Å². The van der Waals surface area contributed by atoms with Crippen LogP contribution in [0.5, 0.6) is 0 Å². The van der Waals surface area contributed by atoms with Crippen molar-refractivity contribution in [2.24, 2.45) is 17.8 Å². The molecule has 2 fully saturated rings. The molecule has 2 aliphatic carbocycles. The highest BCUT2D eigenvalue weighted by molar-refractivity contribution is 5.81. The van der Waals surface area contributed by atoms with Crippen LogP contribution < -0.4 is 0 Å². The van der Waals surface area contributed by atoms with Gasteiger partial charge < -0.3 is 4.90 Å². The topological polar surface area (TPSA) is 20.3 Å². The summed E-state index contributed by atoms with van der Waals surface area (Å²) in [4.78, 5) is 14.1. The molecule has 0 aromatic heterocycles. The SMILES string of the molecule is CN(C)CC1CC(C2CCCCC2)CCC1=O. The second-order valence-corrected chi connectivity index (χ2v) is 6.36.